The first-order chi connectivity index (χ1) is 6.22. The molecule has 2 bridgehead atoms. The van der Waals surface area contributed by atoms with E-state index in [4.69, 9.17) is 4.74 Å². The van der Waals surface area contributed by atoms with Crippen LogP contribution in [-0.2, 0) is 4.74 Å². The molecule has 0 aromatic heterocycles. The highest BCUT2D eigenvalue weighted by Crippen LogP contribution is 2.65. The van der Waals surface area contributed by atoms with Crippen LogP contribution >= 0.6 is 22.6 Å². The molecule has 0 aromatic rings. The molecular weight excluding hydrogens is 293 g/mol. The molecule has 0 heterocycles. The zero-order valence-corrected chi connectivity index (χ0v) is 11.0. The summed E-state index contributed by atoms with van der Waals surface area (Å²) in [7, 11) is 0. The number of carbonyl (C=O) groups is 1. The molecule has 0 atom stereocenters. The number of hydrogen-bond donors (Lipinski definition) is 1. The van der Waals surface area contributed by atoms with Crippen LogP contribution < -0.4 is 5.32 Å². The minimum absolute atomic E-state index is 0.0868. The van der Waals surface area contributed by atoms with Crippen molar-refractivity contribution in [2.75, 3.05) is 0 Å². The molecule has 3 fully saturated rings. The maximum atomic E-state index is 11.5. The SMILES string of the molecule is CC(C)(C)OC(=O)NC12CC(I)(C1)C2. The van der Waals surface area contributed by atoms with Crippen molar-refractivity contribution in [1.29, 1.82) is 0 Å². The fourth-order valence-electron chi connectivity index (χ4n) is 2.32. The monoisotopic (exact) mass is 309 g/mol. The molecule has 80 valence electrons. The van der Waals surface area contributed by atoms with E-state index in [0.29, 0.717) is 3.42 Å². The van der Waals surface area contributed by atoms with Gasteiger partial charge in [-0.1, -0.05) is 22.6 Å². The zero-order chi connectivity index (χ0) is 10.6. The Morgan fingerprint density at radius 1 is 1.36 bits per heavy atom. The van der Waals surface area contributed by atoms with Gasteiger partial charge in [0, 0.05) is 8.96 Å². The summed E-state index contributed by atoms with van der Waals surface area (Å²) in [6.07, 6.45) is 3.06. The van der Waals surface area contributed by atoms with Gasteiger partial charge in [-0.2, -0.15) is 0 Å². The first-order valence-electron chi connectivity index (χ1n) is 4.92. The number of carbonyl (C=O) groups excluding carboxylic acids is 1. The van der Waals surface area contributed by atoms with Crippen LogP contribution in [0.15, 0.2) is 0 Å². The molecule has 0 aromatic carbocycles. The summed E-state index contributed by atoms with van der Waals surface area (Å²) < 4.78 is 5.71. The highest BCUT2D eigenvalue weighted by atomic mass is 127. The van der Waals surface area contributed by atoms with Crippen molar-refractivity contribution in [1.82, 2.24) is 5.32 Å². The predicted octanol–water partition coefficient (Wildman–Crippen LogP) is 2.62. The van der Waals surface area contributed by atoms with Gasteiger partial charge in [0.2, 0.25) is 0 Å². The Morgan fingerprint density at radius 3 is 2.21 bits per heavy atom. The van der Waals surface area contributed by atoms with Gasteiger partial charge < -0.3 is 10.1 Å². The van der Waals surface area contributed by atoms with Crippen molar-refractivity contribution < 1.29 is 9.53 Å². The van der Waals surface area contributed by atoms with Crippen LogP contribution in [0.4, 0.5) is 4.79 Å². The molecule has 1 amide bonds. The summed E-state index contributed by atoms with van der Waals surface area (Å²) in [4.78, 5) is 11.5. The molecule has 3 nitrogen and oxygen atoms in total. The standard InChI is InChI=1S/C10H16INO2/c1-8(2,3)14-7(13)12-10-4-9(11,5-10)6-10/h4-6H2,1-3H3,(H,12,13). The van der Waals surface area contributed by atoms with Gasteiger partial charge in [0.05, 0.1) is 0 Å². The lowest BCUT2D eigenvalue weighted by molar-refractivity contribution is -0.0209. The Hall–Kier alpha value is 0. The molecule has 0 spiro atoms. The van der Waals surface area contributed by atoms with Crippen LogP contribution in [-0.4, -0.2) is 20.7 Å². The molecule has 0 radical (unpaired) electrons. The van der Waals surface area contributed by atoms with Crippen LogP contribution in [0.3, 0.4) is 0 Å². The first-order valence-corrected chi connectivity index (χ1v) is 6.00. The van der Waals surface area contributed by atoms with Gasteiger partial charge in [-0.25, -0.2) is 4.79 Å². The fraction of sp³-hybridized carbons (Fsp3) is 0.900. The van der Waals surface area contributed by atoms with Crippen LogP contribution in [0.5, 0.6) is 0 Å². The van der Waals surface area contributed by atoms with Gasteiger partial charge in [0.15, 0.2) is 0 Å². The van der Waals surface area contributed by atoms with Gasteiger partial charge >= 0.3 is 6.09 Å². The number of rotatable bonds is 1. The molecule has 1 N–H and O–H groups in total. The van der Waals surface area contributed by atoms with Gasteiger partial charge in [-0.05, 0) is 40.0 Å². The summed E-state index contributed by atoms with van der Waals surface area (Å²) in [5.74, 6) is 0. The predicted molar refractivity (Wildman–Crippen MR) is 62.7 cm³/mol. The Balaban J connectivity index is 1.80. The molecule has 3 rings (SSSR count). The second-order valence-corrected chi connectivity index (χ2v) is 7.88. The molecule has 0 saturated heterocycles. The number of alkyl carbamates (subject to hydrolysis) is 1. The van der Waals surface area contributed by atoms with E-state index in [1.165, 1.54) is 0 Å². The minimum atomic E-state index is -0.393. The number of amides is 1. The largest absolute Gasteiger partial charge is 0.444 e. The third-order valence-electron chi connectivity index (χ3n) is 2.73. The quantitative estimate of drug-likeness (QED) is 0.597. The fourth-order valence-corrected chi connectivity index (χ4v) is 4.51. The third-order valence-corrected chi connectivity index (χ3v) is 3.88. The van der Waals surface area contributed by atoms with E-state index in [2.05, 4.69) is 27.9 Å². The van der Waals surface area contributed by atoms with E-state index in [1.807, 2.05) is 20.8 Å². The van der Waals surface area contributed by atoms with E-state index in [1.54, 1.807) is 0 Å². The van der Waals surface area contributed by atoms with Gasteiger partial charge in [0.25, 0.3) is 0 Å². The summed E-state index contributed by atoms with van der Waals surface area (Å²) in [6, 6.07) is 0. The topological polar surface area (TPSA) is 38.3 Å². The van der Waals surface area contributed by atoms with E-state index in [9.17, 15) is 4.79 Å². The summed E-state index contributed by atoms with van der Waals surface area (Å²) in [5.41, 5.74) is -0.306. The van der Waals surface area contributed by atoms with Crippen molar-refractivity contribution in [3.8, 4) is 0 Å². The lowest BCUT2D eigenvalue weighted by Crippen LogP contribution is -2.76. The summed E-state index contributed by atoms with van der Waals surface area (Å²) in [6.45, 7) is 5.65. The van der Waals surface area contributed by atoms with Crippen molar-refractivity contribution in [2.24, 2.45) is 0 Å². The van der Waals surface area contributed by atoms with Crippen molar-refractivity contribution in [2.45, 2.75) is 54.6 Å². The van der Waals surface area contributed by atoms with Crippen molar-refractivity contribution >= 4 is 28.7 Å². The number of alkyl halides is 1. The normalized spacial score (nSPS) is 39.4. The molecule has 3 saturated carbocycles. The smallest absolute Gasteiger partial charge is 0.408 e. The van der Waals surface area contributed by atoms with Crippen molar-refractivity contribution in [3.63, 3.8) is 0 Å². The molecule has 3 aliphatic rings. The lowest BCUT2D eigenvalue weighted by Gasteiger charge is -2.67. The Morgan fingerprint density at radius 2 is 1.86 bits per heavy atom. The highest BCUT2D eigenvalue weighted by molar-refractivity contribution is 14.1. The third kappa shape index (κ3) is 1.85. The molecule has 3 aliphatic carbocycles. The van der Waals surface area contributed by atoms with E-state index in [-0.39, 0.29) is 11.6 Å². The highest BCUT2D eigenvalue weighted by Gasteiger charge is 2.67. The zero-order valence-electron chi connectivity index (χ0n) is 8.82. The van der Waals surface area contributed by atoms with Crippen LogP contribution in [0.2, 0.25) is 0 Å². The number of ether oxygens (including phenoxy) is 1. The molecule has 14 heavy (non-hydrogen) atoms. The molecule has 4 heteroatoms. The second-order valence-electron chi connectivity index (χ2n) is 5.59. The van der Waals surface area contributed by atoms with Crippen LogP contribution in [0, 0.1) is 0 Å². The summed E-state index contributed by atoms with van der Waals surface area (Å²) >= 11 is 2.49. The Kier molecular flexibility index (Phi) is 2.08. The first kappa shape index (κ1) is 10.5. The Bertz CT molecular complexity index is 263. The van der Waals surface area contributed by atoms with Gasteiger partial charge in [0.1, 0.15) is 5.60 Å². The second kappa shape index (κ2) is 2.77. The lowest BCUT2D eigenvalue weighted by atomic mass is 9.50. The van der Waals surface area contributed by atoms with Crippen LogP contribution in [0.1, 0.15) is 40.0 Å². The number of hydrogen-bond acceptors (Lipinski definition) is 2. The van der Waals surface area contributed by atoms with E-state index < -0.39 is 5.60 Å². The number of nitrogens with one attached hydrogen (secondary N) is 1. The molecule has 0 aliphatic heterocycles. The number of halogens is 1. The molecular formula is C10H16INO2. The maximum absolute atomic E-state index is 11.5. The Labute approximate surface area is 98.1 Å². The average molecular weight is 309 g/mol. The minimum Gasteiger partial charge on any atom is -0.444 e. The van der Waals surface area contributed by atoms with Crippen LogP contribution in [0.25, 0.3) is 0 Å². The van der Waals surface area contributed by atoms with Gasteiger partial charge in [-0.3, -0.25) is 0 Å². The van der Waals surface area contributed by atoms with E-state index >= 15 is 0 Å². The van der Waals surface area contributed by atoms with Gasteiger partial charge in [-0.15, -0.1) is 0 Å². The van der Waals surface area contributed by atoms with Crippen molar-refractivity contribution in [3.05, 3.63) is 0 Å². The maximum Gasteiger partial charge on any atom is 0.408 e. The average Bonchev–Trinajstić information content (AvgIpc) is 1.76. The molecule has 0 unspecified atom stereocenters. The van der Waals surface area contributed by atoms with E-state index in [0.717, 1.165) is 19.3 Å². The summed E-state index contributed by atoms with van der Waals surface area (Å²) in [5, 5.41) is 2.97.